The van der Waals surface area contributed by atoms with Gasteiger partial charge in [0, 0.05) is 13.6 Å². The Balaban J connectivity index is 1.65. The molecule has 1 amide bonds. The Morgan fingerprint density at radius 3 is 2.72 bits per heavy atom. The average Bonchev–Trinajstić information content (AvgIpc) is 3.27. The van der Waals surface area contributed by atoms with Gasteiger partial charge in [-0.1, -0.05) is 30.3 Å². The van der Waals surface area contributed by atoms with Crippen LogP contribution in [0.15, 0.2) is 36.7 Å². The molecular formula is C18H19ClN6O4. The minimum Gasteiger partial charge on any atom is -0.387 e. The first kappa shape index (κ1) is 19.5. The van der Waals surface area contributed by atoms with Crippen molar-refractivity contribution in [2.45, 2.75) is 31.1 Å². The number of aliphatic hydroxyl groups excluding tert-OH is 2. The van der Waals surface area contributed by atoms with Gasteiger partial charge in [-0.25, -0.2) is 4.98 Å². The van der Waals surface area contributed by atoms with E-state index in [1.807, 2.05) is 30.3 Å². The van der Waals surface area contributed by atoms with Gasteiger partial charge in [-0.15, -0.1) is 0 Å². The number of carbonyl (C=O) groups is 1. The van der Waals surface area contributed by atoms with Crippen LogP contribution in [0.2, 0.25) is 5.28 Å². The van der Waals surface area contributed by atoms with Gasteiger partial charge in [0.25, 0.3) is 5.91 Å². The van der Waals surface area contributed by atoms with E-state index in [0.29, 0.717) is 23.5 Å². The minimum atomic E-state index is -1.40. The van der Waals surface area contributed by atoms with Gasteiger partial charge < -0.3 is 25.6 Å². The molecule has 0 unspecified atom stereocenters. The maximum Gasteiger partial charge on any atom is 0.251 e. The standard InChI is InChI=1S/C18H19ClN6O4/c1-20-16(28)13-11(26)12(27)17(29-13)25-8-22-10-14(23-18(19)24-15(10)25)21-7-9-5-3-2-4-6-9/h2-6,8,11-13,17,26-27H,7H2,1H3,(H,20,28)(H,21,23,24)/t11-,12+,13-,17+/m0/s1. The Morgan fingerprint density at radius 1 is 1.24 bits per heavy atom. The van der Waals surface area contributed by atoms with E-state index in [1.165, 1.54) is 17.9 Å². The molecule has 10 nitrogen and oxygen atoms in total. The van der Waals surface area contributed by atoms with Crippen molar-refractivity contribution >= 4 is 34.5 Å². The zero-order chi connectivity index (χ0) is 20.5. The molecule has 1 fully saturated rings. The lowest BCUT2D eigenvalue weighted by Gasteiger charge is -2.16. The SMILES string of the molecule is CNC(=O)[C@H]1O[C@@H](n2cnc3c(NCc4ccccc4)nc(Cl)nc32)[C@H](O)[C@@H]1O. The lowest BCUT2D eigenvalue weighted by molar-refractivity contribution is -0.137. The number of aliphatic hydroxyl groups is 2. The fourth-order valence-electron chi connectivity index (χ4n) is 3.23. The fraction of sp³-hybridized carbons (Fsp3) is 0.333. The summed E-state index contributed by atoms with van der Waals surface area (Å²) in [5.74, 6) is -0.125. The molecular weight excluding hydrogens is 400 g/mol. The summed E-state index contributed by atoms with van der Waals surface area (Å²) in [5, 5.41) is 26.1. The van der Waals surface area contributed by atoms with Crippen molar-refractivity contribution in [2.24, 2.45) is 0 Å². The second-order valence-electron chi connectivity index (χ2n) is 6.55. The Hall–Kier alpha value is -2.79. The highest BCUT2D eigenvalue weighted by Crippen LogP contribution is 2.33. The number of hydrogen-bond acceptors (Lipinski definition) is 8. The number of carbonyl (C=O) groups excluding carboxylic acids is 1. The summed E-state index contributed by atoms with van der Waals surface area (Å²) >= 11 is 6.09. The summed E-state index contributed by atoms with van der Waals surface area (Å²) < 4.78 is 7.01. The third kappa shape index (κ3) is 3.62. The molecule has 2 aromatic heterocycles. The van der Waals surface area contributed by atoms with Crippen LogP contribution < -0.4 is 10.6 Å². The molecule has 0 bridgehead atoms. The lowest BCUT2D eigenvalue weighted by Crippen LogP contribution is -2.41. The van der Waals surface area contributed by atoms with Crippen LogP contribution in [-0.4, -0.2) is 61.0 Å². The number of anilines is 1. The Morgan fingerprint density at radius 2 is 2.00 bits per heavy atom. The second kappa shape index (κ2) is 7.91. The number of ether oxygens (including phenoxy) is 1. The highest BCUT2D eigenvalue weighted by molar-refractivity contribution is 6.28. The lowest BCUT2D eigenvalue weighted by atomic mass is 10.1. The molecule has 0 saturated carbocycles. The van der Waals surface area contributed by atoms with E-state index in [4.69, 9.17) is 16.3 Å². The molecule has 0 aliphatic carbocycles. The number of nitrogens with one attached hydrogen (secondary N) is 2. The minimum absolute atomic E-state index is 0.0225. The Bertz CT molecular complexity index is 1030. The molecule has 152 valence electrons. The molecule has 4 N–H and O–H groups in total. The third-order valence-corrected chi connectivity index (χ3v) is 4.88. The number of imidazole rings is 1. The number of benzene rings is 1. The van der Waals surface area contributed by atoms with Gasteiger partial charge in [-0.05, 0) is 17.2 Å². The van der Waals surface area contributed by atoms with E-state index in [1.54, 1.807) is 0 Å². The van der Waals surface area contributed by atoms with E-state index in [-0.39, 0.29) is 5.28 Å². The number of likely N-dealkylation sites (N-methyl/N-ethyl adjacent to an activating group) is 1. The quantitative estimate of drug-likeness (QED) is 0.439. The molecule has 11 heteroatoms. The van der Waals surface area contributed by atoms with Crippen molar-refractivity contribution in [1.29, 1.82) is 0 Å². The van der Waals surface area contributed by atoms with Crippen molar-refractivity contribution in [3.8, 4) is 0 Å². The molecule has 1 aromatic carbocycles. The maximum atomic E-state index is 11.9. The van der Waals surface area contributed by atoms with E-state index >= 15 is 0 Å². The molecule has 4 atom stereocenters. The van der Waals surface area contributed by atoms with Crippen LogP contribution >= 0.6 is 11.6 Å². The van der Waals surface area contributed by atoms with Crippen LogP contribution in [0.5, 0.6) is 0 Å². The summed E-state index contributed by atoms with van der Waals surface area (Å²) in [6.45, 7) is 0.496. The van der Waals surface area contributed by atoms with Gasteiger partial charge in [-0.3, -0.25) is 9.36 Å². The van der Waals surface area contributed by atoms with Crippen LogP contribution in [-0.2, 0) is 16.1 Å². The molecule has 29 heavy (non-hydrogen) atoms. The van der Waals surface area contributed by atoms with Crippen molar-refractivity contribution in [3.05, 3.63) is 47.5 Å². The van der Waals surface area contributed by atoms with Gasteiger partial charge >= 0.3 is 0 Å². The fourth-order valence-corrected chi connectivity index (χ4v) is 3.39. The molecule has 0 spiro atoms. The van der Waals surface area contributed by atoms with Crippen molar-refractivity contribution < 1.29 is 19.7 Å². The van der Waals surface area contributed by atoms with E-state index < -0.39 is 30.4 Å². The zero-order valence-corrected chi connectivity index (χ0v) is 16.1. The van der Waals surface area contributed by atoms with Crippen molar-refractivity contribution in [2.75, 3.05) is 12.4 Å². The highest BCUT2D eigenvalue weighted by Gasteiger charge is 2.47. The van der Waals surface area contributed by atoms with E-state index in [9.17, 15) is 15.0 Å². The normalized spacial score (nSPS) is 24.0. The number of hydrogen-bond donors (Lipinski definition) is 4. The van der Waals surface area contributed by atoms with Gasteiger partial charge in [0.1, 0.15) is 12.2 Å². The summed E-state index contributed by atoms with van der Waals surface area (Å²) in [7, 11) is 1.42. The molecule has 3 heterocycles. The van der Waals surface area contributed by atoms with Crippen molar-refractivity contribution in [1.82, 2.24) is 24.8 Å². The summed E-state index contributed by atoms with van der Waals surface area (Å²) in [6, 6.07) is 9.73. The first-order valence-corrected chi connectivity index (χ1v) is 9.28. The topological polar surface area (TPSA) is 134 Å². The Labute approximate surface area is 170 Å². The average molecular weight is 419 g/mol. The second-order valence-corrected chi connectivity index (χ2v) is 6.89. The predicted octanol–water partition coefficient (Wildman–Crippen LogP) is 0.457. The number of halogens is 1. The van der Waals surface area contributed by atoms with Crippen molar-refractivity contribution in [3.63, 3.8) is 0 Å². The van der Waals surface area contributed by atoms with Crippen LogP contribution in [0.25, 0.3) is 11.2 Å². The summed E-state index contributed by atoms with van der Waals surface area (Å²) in [5.41, 5.74) is 1.76. The molecule has 3 aromatic rings. The largest absolute Gasteiger partial charge is 0.387 e. The molecule has 0 radical (unpaired) electrons. The van der Waals surface area contributed by atoms with Gasteiger partial charge in [-0.2, -0.15) is 9.97 Å². The first-order valence-electron chi connectivity index (χ1n) is 8.90. The number of fused-ring (bicyclic) bond motifs is 1. The number of rotatable bonds is 5. The summed E-state index contributed by atoms with van der Waals surface area (Å²) in [6.07, 6.45) is -3.64. The molecule has 1 aliphatic heterocycles. The predicted molar refractivity (Wildman–Crippen MR) is 104 cm³/mol. The number of amides is 1. The maximum absolute atomic E-state index is 11.9. The molecule has 1 aliphatic rings. The van der Waals surface area contributed by atoms with Gasteiger partial charge in [0.15, 0.2) is 29.3 Å². The zero-order valence-electron chi connectivity index (χ0n) is 15.4. The highest BCUT2D eigenvalue weighted by atomic mass is 35.5. The molecule has 4 rings (SSSR count). The van der Waals surface area contributed by atoms with Crippen LogP contribution in [0.4, 0.5) is 5.82 Å². The van der Waals surface area contributed by atoms with E-state index in [0.717, 1.165) is 5.56 Å². The molecule has 1 saturated heterocycles. The van der Waals surface area contributed by atoms with Crippen LogP contribution in [0.3, 0.4) is 0 Å². The first-order chi connectivity index (χ1) is 14.0. The summed E-state index contributed by atoms with van der Waals surface area (Å²) in [4.78, 5) is 24.6. The van der Waals surface area contributed by atoms with E-state index in [2.05, 4.69) is 25.6 Å². The Kier molecular flexibility index (Phi) is 5.33. The number of nitrogens with zero attached hydrogens (tertiary/aromatic N) is 4. The number of aromatic nitrogens is 4. The third-order valence-electron chi connectivity index (χ3n) is 4.71. The monoisotopic (exact) mass is 418 g/mol. The smallest absolute Gasteiger partial charge is 0.251 e. The van der Waals surface area contributed by atoms with Crippen LogP contribution in [0.1, 0.15) is 11.8 Å². The van der Waals surface area contributed by atoms with Gasteiger partial charge in [0.2, 0.25) is 5.28 Å². The van der Waals surface area contributed by atoms with Gasteiger partial charge in [0.05, 0.1) is 6.33 Å². The van der Waals surface area contributed by atoms with Crippen LogP contribution in [0, 0.1) is 0 Å².